The lowest BCUT2D eigenvalue weighted by molar-refractivity contribution is 0.0736. The Morgan fingerprint density at radius 3 is 1.84 bits per heavy atom. The first-order chi connectivity index (χ1) is 15.1. The van der Waals surface area contributed by atoms with Crippen LogP contribution in [-0.4, -0.2) is 96.5 Å². The van der Waals surface area contributed by atoms with Gasteiger partial charge in [0.05, 0.1) is 6.61 Å². The van der Waals surface area contributed by atoms with Gasteiger partial charge in [-0.1, -0.05) is 6.07 Å². The lowest BCUT2D eigenvalue weighted by Crippen LogP contribution is -2.49. The van der Waals surface area contributed by atoms with Crippen molar-refractivity contribution < 1.29 is 18.7 Å². The van der Waals surface area contributed by atoms with Crippen LogP contribution in [0, 0.1) is 11.6 Å². The van der Waals surface area contributed by atoms with Crippen LogP contribution in [0.4, 0.5) is 20.4 Å². The summed E-state index contributed by atoms with van der Waals surface area (Å²) in [5.41, 5.74) is -0.501. The van der Waals surface area contributed by atoms with Crippen molar-refractivity contribution in [2.24, 2.45) is 0 Å². The van der Waals surface area contributed by atoms with Gasteiger partial charge in [0, 0.05) is 58.9 Å². The second kappa shape index (κ2) is 9.52. The maximum atomic E-state index is 13.9. The summed E-state index contributed by atoms with van der Waals surface area (Å²) >= 11 is 0. The Balaban J connectivity index is 1.33. The Morgan fingerprint density at radius 2 is 1.35 bits per heavy atom. The van der Waals surface area contributed by atoms with Crippen LogP contribution in [0.1, 0.15) is 10.4 Å². The smallest absolute Gasteiger partial charge is 0.259 e. The van der Waals surface area contributed by atoms with Crippen molar-refractivity contribution in [2.45, 2.75) is 0 Å². The Bertz CT molecular complexity index is 877. The summed E-state index contributed by atoms with van der Waals surface area (Å²) in [5.74, 6) is -0.780. The number of aromatic nitrogens is 2. The molecule has 2 fully saturated rings. The van der Waals surface area contributed by atoms with Crippen molar-refractivity contribution in [3.8, 4) is 0 Å². The summed E-state index contributed by atoms with van der Waals surface area (Å²) in [5, 5.41) is 17.8. The van der Waals surface area contributed by atoms with Gasteiger partial charge in [-0.15, -0.1) is 10.2 Å². The number of benzene rings is 1. The number of β-amino-alcohol motifs (C(OH)–C–C–N with tert-alkyl or cyclic N) is 1. The van der Waals surface area contributed by atoms with Crippen LogP contribution in [-0.2, 0) is 0 Å². The zero-order valence-corrected chi connectivity index (χ0v) is 17.3. The van der Waals surface area contributed by atoms with Gasteiger partial charge >= 0.3 is 0 Å². The SMILES string of the molecule is O=C(c1c(F)cccc1F)N1CCN(c2ccc(N3CCN(CCO)CC3)nn2)CC1. The predicted molar refractivity (Wildman–Crippen MR) is 112 cm³/mol. The van der Waals surface area contributed by atoms with E-state index in [0.717, 1.165) is 44.1 Å². The first kappa shape index (κ1) is 21.4. The van der Waals surface area contributed by atoms with Crippen LogP contribution in [0.3, 0.4) is 0 Å². The first-order valence-electron chi connectivity index (χ1n) is 10.5. The number of piperazine rings is 2. The second-order valence-electron chi connectivity index (χ2n) is 7.68. The fourth-order valence-electron chi connectivity index (χ4n) is 4.00. The molecule has 10 heteroatoms. The number of aliphatic hydroxyl groups is 1. The minimum Gasteiger partial charge on any atom is -0.395 e. The van der Waals surface area contributed by atoms with Gasteiger partial charge in [-0.3, -0.25) is 9.69 Å². The Kier molecular flexibility index (Phi) is 6.57. The molecule has 1 amide bonds. The zero-order chi connectivity index (χ0) is 21.8. The average Bonchev–Trinajstić information content (AvgIpc) is 2.80. The van der Waals surface area contributed by atoms with Gasteiger partial charge < -0.3 is 19.8 Å². The normalized spacial score (nSPS) is 17.8. The molecule has 2 aliphatic heterocycles. The molecule has 8 nitrogen and oxygen atoms in total. The monoisotopic (exact) mass is 432 g/mol. The van der Waals surface area contributed by atoms with Crippen LogP contribution in [0.15, 0.2) is 30.3 Å². The summed E-state index contributed by atoms with van der Waals surface area (Å²) in [6.07, 6.45) is 0. The number of carbonyl (C=O) groups excluding carboxylic acids is 1. The van der Waals surface area contributed by atoms with Crippen molar-refractivity contribution in [3.05, 3.63) is 47.5 Å². The Hall–Kier alpha value is -2.85. The molecule has 166 valence electrons. The molecular weight excluding hydrogens is 406 g/mol. The van der Waals surface area contributed by atoms with Gasteiger partial charge in [-0.25, -0.2) is 8.78 Å². The van der Waals surface area contributed by atoms with Gasteiger partial charge in [-0.05, 0) is 24.3 Å². The third kappa shape index (κ3) is 4.75. The molecule has 4 rings (SSSR count). The summed E-state index contributed by atoms with van der Waals surface area (Å²) < 4.78 is 27.8. The molecule has 1 aromatic carbocycles. The number of hydrogen-bond donors (Lipinski definition) is 1. The van der Waals surface area contributed by atoms with Crippen LogP contribution in [0.2, 0.25) is 0 Å². The third-order valence-corrected chi connectivity index (χ3v) is 5.82. The number of aliphatic hydroxyl groups excluding tert-OH is 1. The van der Waals surface area contributed by atoms with E-state index in [4.69, 9.17) is 5.11 Å². The highest BCUT2D eigenvalue weighted by molar-refractivity contribution is 5.95. The van der Waals surface area contributed by atoms with E-state index in [-0.39, 0.29) is 6.61 Å². The van der Waals surface area contributed by atoms with Crippen LogP contribution in [0.5, 0.6) is 0 Å². The zero-order valence-electron chi connectivity index (χ0n) is 17.3. The highest BCUT2D eigenvalue weighted by Gasteiger charge is 2.27. The van der Waals surface area contributed by atoms with Crippen molar-refractivity contribution in [1.82, 2.24) is 20.0 Å². The van der Waals surface area contributed by atoms with E-state index in [2.05, 4.69) is 20.0 Å². The van der Waals surface area contributed by atoms with Gasteiger partial charge in [0.1, 0.15) is 17.2 Å². The molecule has 0 aliphatic carbocycles. The minimum atomic E-state index is -0.842. The van der Waals surface area contributed by atoms with Gasteiger partial charge in [-0.2, -0.15) is 0 Å². The van der Waals surface area contributed by atoms with Gasteiger partial charge in [0.2, 0.25) is 0 Å². The number of rotatable bonds is 5. The average molecular weight is 432 g/mol. The van der Waals surface area contributed by atoms with E-state index in [1.807, 2.05) is 17.0 Å². The summed E-state index contributed by atoms with van der Waals surface area (Å²) in [4.78, 5) is 20.4. The van der Waals surface area contributed by atoms with E-state index >= 15 is 0 Å². The number of amides is 1. The first-order valence-corrected chi connectivity index (χ1v) is 10.5. The second-order valence-corrected chi connectivity index (χ2v) is 7.68. The molecule has 0 unspecified atom stereocenters. The maximum Gasteiger partial charge on any atom is 0.259 e. The lowest BCUT2D eigenvalue weighted by atomic mass is 10.1. The molecule has 0 spiro atoms. The van der Waals surface area contributed by atoms with Crippen molar-refractivity contribution >= 4 is 17.5 Å². The molecule has 31 heavy (non-hydrogen) atoms. The highest BCUT2D eigenvalue weighted by Crippen LogP contribution is 2.20. The van der Waals surface area contributed by atoms with E-state index in [1.165, 1.54) is 11.0 Å². The summed E-state index contributed by atoms with van der Waals surface area (Å²) in [7, 11) is 0. The molecule has 0 atom stereocenters. The van der Waals surface area contributed by atoms with Gasteiger partial charge in [0.25, 0.3) is 5.91 Å². The van der Waals surface area contributed by atoms with E-state index < -0.39 is 23.1 Å². The number of anilines is 2. The van der Waals surface area contributed by atoms with Gasteiger partial charge in [0.15, 0.2) is 11.6 Å². The summed E-state index contributed by atoms with van der Waals surface area (Å²) in [6, 6.07) is 7.29. The van der Waals surface area contributed by atoms with Crippen molar-refractivity contribution in [2.75, 3.05) is 75.3 Å². The molecule has 0 radical (unpaired) electrons. The van der Waals surface area contributed by atoms with E-state index in [0.29, 0.717) is 38.5 Å². The van der Waals surface area contributed by atoms with E-state index in [1.54, 1.807) is 0 Å². The Labute approximate surface area is 179 Å². The topological polar surface area (TPSA) is 76.0 Å². The molecule has 1 aromatic heterocycles. The predicted octanol–water partition coefficient (Wildman–Crippen LogP) is 0.831. The maximum absolute atomic E-state index is 13.9. The van der Waals surface area contributed by atoms with Crippen molar-refractivity contribution in [3.63, 3.8) is 0 Å². The fourth-order valence-corrected chi connectivity index (χ4v) is 4.00. The van der Waals surface area contributed by atoms with Crippen LogP contribution >= 0.6 is 0 Å². The molecule has 0 bridgehead atoms. The number of nitrogens with zero attached hydrogens (tertiary/aromatic N) is 6. The molecular formula is C21H26F2N6O2. The molecule has 3 heterocycles. The highest BCUT2D eigenvalue weighted by atomic mass is 19.1. The lowest BCUT2D eigenvalue weighted by Gasteiger charge is -2.36. The fraction of sp³-hybridized carbons (Fsp3) is 0.476. The largest absolute Gasteiger partial charge is 0.395 e. The summed E-state index contributed by atoms with van der Waals surface area (Å²) in [6.45, 7) is 6.00. The molecule has 2 saturated heterocycles. The van der Waals surface area contributed by atoms with Crippen LogP contribution in [0.25, 0.3) is 0 Å². The third-order valence-electron chi connectivity index (χ3n) is 5.82. The minimum absolute atomic E-state index is 0.169. The number of carbonyl (C=O) groups is 1. The van der Waals surface area contributed by atoms with E-state index in [9.17, 15) is 13.6 Å². The molecule has 1 N–H and O–H groups in total. The Morgan fingerprint density at radius 1 is 0.839 bits per heavy atom. The number of halogens is 2. The quantitative estimate of drug-likeness (QED) is 0.750. The molecule has 2 aliphatic rings. The molecule has 0 saturated carbocycles. The van der Waals surface area contributed by atoms with Crippen LogP contribution < -0.4 is 9.80 Å². The number of hydrogen-bond acceptors (Lipinski definition) is 7. The van der Waals surface area contributed by atoms with Crippen molar-refractivity contribution in [1.29, 1.82) is 0 Å². The standard InChI is InChI=1S/C21H26F2N6O2/c22-16-2-1-3-17(23)20(16)21(31)29-12-10-28(11-13-29)19-5-4-18(24-25-19)27-8-6-26(7-9-27)14-15-30/h1-5,30H,6-15H2. The molecule has 2 aromatic rings.